The van der Waals surface area contributed by atoms with E-state index in [1.54, 1.807) is 12.3 Å². The molecule has 0 amide bonds. The Kier molecular flexibility index (Phi) is 3.97. The van der Waals surface area contributed by atoms with Crippen molar-refractivity contribution < 1.29 is 14.3 Å². The summed E-state index contributed by atoms with van der Waals surface area (Å²) in [6.07, 6.45) is 4.35. The molecule has 5 nitrogen and oxygen atoms in total. The number of carbonyl (C=O) groups is 1. The van der Waals surface area contributed by atoms with Crippen LogP contribution >= 0.6 is 0 Å². The molecule has 0 saturated carbocycles. The molecule has 3 aromatic rings. The maximum atomic E-state index is 13.8. The molecule has 0 fully saturated rings. The van der Waals surface area contributed by atoms with Gasteiger partial charge in [-0.05, 0) is 35.4 Å². The van der Waals surface area contributed by atoms with Gasteiger partial charge in [0, 0.05) is 55.0 Å². The number of aliphatic carboxylic acids is 1. The summed E-state index contributed by atoms with van der Waals surface area (Å²) in [6, 6.07) is 8.53. The number of fused-ring (bicyclic) bond motifs is 3. The van der Waals surface area contributed by atoms with E-state index in [1.165, 1.54) is 12.1 Å². The second-order valence-electron chi connectivity index (χ2n) is 6.39. The lowest BCUT2D eigenvalue weighted by Gasteiger charge is -2.28. The topological polar surface area (TPSA) is 58.4 Å². The van der Waals surface area contributed by atoms with E-state index in [4.69, 9.17) is 0 Å². The van der Waals surface area contributed by atoms with Crippen LogP contribution in [0.2, 0.25) is 0 Å². The molecule has 4 rings (SSSR count). The van der Waals surface area contributed by atoms with E-state index in [9.17, 15) is 14.3 Å². The Bertz CT molecular complexity index is 937. The smallest absolute Gasteiger partial charge is 0.323 e. The van der Waals surface area contributed by atoms with Crippen molar-refractivity contribution in [1.82, 2.24) is 14.5 Å². The number of nitrogens with zero attached hydrogens (tertiary/aromatic N) is 3. The zero-order chi connectivity index (χ0) is 17.4. The molecular weight excluding hydrogens is 321 g/mol. The average molecular weight is 339 g/mol. The van der Waals surface area contributed by atoms with E-state index < -0.39 is 5.97 Å². The van der Waals surface area contributed by atoms with Crippen molar-refractivity contribution in [3.63, 3.8) is 0 Å². The fraction of sp³-hybridized carbons (Fsp3) is 0.263. The van der Waals surface area contributed by atoms with Gasteiger partial charge in [0.1, 0.15) is 12.4 Å². The number of carboxylic acids is 1. The predicted octanol–water partition coefficient (Wildman–Crippen LogP) is 2.82. The van der Waals surface area contributed by atoms with Crippen LogP contribution in [0.25, 0.3) is 10.9 Å². The van der Waals surface area contributed by atoms with Crippen LogP contribution in [0.5, 0.6) is 0 Å². The molecule has 0 bridgehead atoms. The molecule has 25 heavy (non-hydrogen) atoms. The van der Waals surface area contributed by atoms with E-state index in [-0.39, 0.29) is 12.4 Å². The standard InChI is InChI=1S/C19H18FN3O2/c20-14-3-4-17-15(8-14)16-11-22(10-13-2-1-6-21-9-13)7-5-18(16)23(17)12-19(24)25/h1-4,6,8-9H,5,7,10-12H2,(H,24,25). The molecule has 1 aromatic carbocycles. The lowest BCUT2D eigenvalue weighted by atomic mass is 10.0. The van der Waals surface area contributed by atoms with Gasteiger partial charge in [-0.25, -0.2) is 4.39 Å². The van der Waals surface area contributed by atoms with Crippen LogP contribution in [0, 0.1) is 5.82 Å². The van der Waals surface area contributed by atoms with E-state index in [0.29, 0.717) is 6.54 Å². The highest BCUT2D eigenvalue weighted by Gasteiger charge is 2.25. The molecule has 3 heterocycles. The van der Waals surface area contributed by atoms with Gasteiger partial charge < -0.3 is 9.67 Å². The minimum absolute atomic E-state index is 0.0972. The number of halogens is 1. The molecule has 1 N–H and O–H groups in total. The van der Waals surface area contributed by atoms with Gasteiger partial charge in [-0.1, -0.05) is 6.07 Å². The third-order valence-corrected chi connectivity index (χ3v) is 4.72. The van der Waals surface area contributed by atoms with Crippen molar-refractivity contribution in [2.75, 3.05) is 6.54 Å². The summed E-state index contributed by atoms with van der Waals surface area (Å²) >= 11 is 0. The van der Waals surface area contributed by atoms with Crippen LogP contribution in [0.4, 0.5) is 4.39 Å². The van der Waals surface area contributed by atoms with Gasteiger partial charge in [-0.2, -0.15) is 0 Å². The van der Waals surface area contributed by atoms with E-state index in [2.05, 4.69) is 9.88 Å². The molecular formula is C19H18FN3O2. The first kappa shape index (κ1) is 15.8. The maximum Gasteiger partial charge on any atom is 0.323 e. The fourth-order valence-corrected chi connectivity index (χ4v) is 3.68. The summed E-state index contributed by atoms with van der Waals surface area (Å²) in [4.78, 5) is 17.7. The Balaban J connectivity index is 1.72. The molecule has 2 aromatic heterocycles. The van der Waals surface area contributed by atoms with Crippen LogP contribution in [-0.4, -0.2) is 32.1 Å². The molecule has 1 aliphatic heterocycles. The quantitative estimate of drug-likeness (QED) is 0.794. The van der Waals surface area contributed by atoms with Crippen LogP contribution in [0.3, 0.4) is 0 Å². The van der Waals surface area contributed by atoms with Crippen LogP contribution in [0.1, 0.15) is 16.8 Å². The highest BCUT2D eigenvalue weighted by molar-refractivity contribution is 5.87. The van der Waals surface area contributed by atoms with Crippen LogP contribution in [-0.2, 0) is 30.8 Å². The number of aromatic nitrogens is 2. The molecule has 1 aliphatic rings. The summed E-state index contributed by atoms with van der Waals surface area (Å²) in [5.74, 6) is -1.19. The molecule has 0 aliphatic carbocycles. The Morgan fingerprint density at radius 1 is 1.32 bits per heavy atom. The third kappa shape index (κ3) is 3.00. The van der Waals surface area contributed by atoms with Gasteiger partial charge >= 0.3 is 5.97 Å². The lowest BCUT2D eigenvalue weighted by molar-refractivity contribution is -0.137. The SMILES string of the molecule is O=C(O)Cn1c2c(c3cc(F)ccc31)CN(Cc1cccnc1)CC2. The van der Waals surface area contributed by atoms with Gasteiger partial charge in [0.2, 0.25) is 0 Å². The van der Waals surface area contributed by atoms with Crippen molar-refractivity contribution in [1.29, 1.82) is 0 Å². The largest absolute Gasteiger partial charge is 0.480 e. The van der Waals surface area contributed by atoms with Crippen molar-refractivity contribution >= 4 is 16.9 Å². The van der Waals surface area contributed by atoms with Crippen molar-refractivity contribution in [3.8, 4) is 0 Å². The number of carboxylic acid groups (broad SMARTS) is 1. The lowest BCUT2D eigenvalue weighted by Crippen LogP contribution is -2.31. The van der Waals surface area contributed by atoms with Crippen LogP contribution < -0.4 is 0 Å². The maximum absolute atomic E-state index is 13.8. The number of hydrogen-bond acceptors (Lipinski definition) is 3. The summed E-state index contributed by atoms with van der Waals surface area (Å²) in [5.41, 5.74) is 3.96. The number of hydrogen-bond donors (Lipinski definition) is 1. The summed E-state index contributed by atoms with van der Waals surface area (Å²) in [5, 5.41) is 10.0. The summed E-state index contributed by atoms with van der Waals surface area (Å²) in [7, 11) is 0. The van der Waals surface area contributed by atoms with Gasteiger partial charge in [0.25, 0.3) is 0 Å². The van der Waals surface area contributed by atoms with E-state index >= 15 is 0 Å². The average Bonchev–Trinajstić information content (AvgIpc) is 2.88. The van der Waals surface area contributed by atoms with Crippen LogP contribution in [0.15, 0.2) is 42.7 Å². The second-order valence-corrected chi connectivity index (χ2v) is 6.39. The molecule has 128 valence electrons. The highest BCUT2D eigenvalue weighted by Crippen LogP contribution is 2.32. The Hall–Kier alpha value is -2.73. The van der Waals surface area contributed by atoms with Gasteiger partial charge in [0.15, 0.2) is 0 Å². The summed E-state index contributed by atoms with van der Waals surface area (Å²) in [6.45, 7) is 2.19. The minimum atomic E-state index is -0.887. The number of pyridine rings is 1. The summed E-state index contributed by atoms with van der Waals surface area (Å²) < 4.78 is 15.6. The van der Waals surface area contributed by atoms with E-state index in [1.807, 2.05) is 22.9 Å². The monoisotopic (exact) mass is 339 g/mol. The van der Waals surface area contributed by atoms with Gasteiger partial charge in [-0.15, -0.1) is 0 Å². The third-order valence-electron chi connectivity index (χ3n) is 4.72. The normalized spacial score (nSPS) is 14.6. The Morgan fingerprint density at radius 3 is 2.96 bits per heavy atom. The van der Waals surface area contributed by atoms with E-state index in [0.717, 1.165) is 47.2 Å². The Morgan fingerprint density at radius 2 is 2.20 bits per heavy atom. The molecule has 0 atom stereocenters. The van der Waals surface area contributed by atoms with Crippen molar-refractivity contribution in [3.05, 3.63) is 65.4 Å². The first-order valence-electron chi connectivity index (χ1n) is 8.24. The number of benzene rings is 1. The first-order chi connectivity index (χ1) is 12.1. The zero-order valence-electron chi connectivity index (χ0n) is 13.7. The molecule has 0 unspecified atom stereocenters. The van der Waals surface area contributed by atoms with Crippen molar-refractivity contribution in [2.24, 2.45) is 0 Å². The van der Waals surface area contributed by atoms with Gasteiger partial charge in [0.05, 0.1) is 0 Å². The minimum Gasteiger partial charge on any atom is -0.480 e. The molecule has 0 radical (unpaired) electrons. The molecule has 0 spiro atoms. The Labute approximate surface area is 144 Å². The highest BCUT2D eigenvalue weighted by atomic mass is 19.1. The van der Waals surface area contributed by atoms with Gasteiger partial charge in [-0.3, -0.25) is 14.7 Å². The predicted molar refractivity (Wildman–Crippen MR) is 91.6 cm³/mol. The zero-order valence-corrected chi connectivity index (χ0v) is 13.7. The molecule has 6 heteroatoms. The first-order valence-corrected chi connectivity index (χ1v) is 8.24. The fourth-order valence-electron chi connectivity index (χ4n) is 3.68. The van der Waals surface area contributed by atoms with Crippen molar-refractivity contribution in [2.45, 2.75) is 26.1 Å². The molecule has 0 saturated heterocycles. The number of rotatable bonds is 4. The second kappa shape index (κ2) is 6.29.